The summed E-state index contributed by atoms with van der Waals surface area (Å²) < 4.78 is 0. The molecule has 1 heteroatoms. The highest BCUT2D eigenvalue weighted by Gasteiger charge is 2.51. The van der Waals surface area contributed by atoms with Crippen molar-refractivity contribution >= 4 is 23.6 Å². The normalized spacial score (nSPS) is 20.4. The van der Waals surface area contributed by atoms with Crippen molar-refractivity contribution in [1.29, 1.82) is 0 Å². The number of allylic oxidation sites excluding steroid dienone is 4. The van der Waals surface area contributed by atoms with Crippen molar-refractivity contribution in [2.24, 2.45) is 5.92 Å². The number of hydrogen-bond acceptors (Lipinski definition) is 0. The van der Waals surface area contributed by atoms with Crippen LogP contribution in [0.3, 0.4) is 0 Å². The minimum atomic E-state index is -2.30. The Morgan fingerprint density at radius 3 is 1.68 bits per heavy atom. The minimum absolute atomic E-state index is 0.604. The number of fused-ring (bicyclic) bond motifs is 1. The van der Waals surface area contributed by atoms with Crippen molar-refractivity contribution in [3.63, 3.8) is 0 Å². The van der Waals surface area contributed by atoms with Gasteiger partial charge in [0.1, 0.15) is 0 Å². The number of benzene rings is 3. The van der Waals surface area contributed by atoms with Crippen molar-refractivity contribution in [3.8, 4) is 0 Å². The van der Waals surface area contributed by atoms with Crippen LogP contribution in [0.2, 0.25) is 5.54 Å². The molecule has 2 unspecified atom stereocenters. The zero-order valence-electron chi connectivity index (χ0n) is 18.9. The first kappa shape index (κ1) is 20.3. The van der Waals surface area contributed by atoms with E-state index in [1.165, 1.54) is 36.0 Å². The summed E-state index contributed by atoms with van der Waals surface area (Å²) in [6.45, 7) is 6.74. The Morgan fingerprint density at radius 1 is 0.677 bits per heavy atom. The van der Waals surface area contributed by atoms with Crippen molar-refractivity contribution in [2.45, 2.75) is 45.6 Å². The van der Waals surface area contributed by atoms with Gasteiger partial charge >= 0.3 is 0 Å². The van der Waals surface area contributed by atoms with Crippen LogP contribution in [0.1, 0.15) is 36.0 Å². The molecule has 0 heterocycles. The molecule has 5 rings (SSSR count). The first-order valence-corrected chi connectivity index (χ1v) is 13.7. The van der Waals surface area contributed by atoms with Crippen LogP contribution in [-0.4, -0.2) is 8.07 Å². The van der Waals surface area contributed by atoms with E-state index in [4.69, 9.17) is 0 Å². The van der Waals surface area contributed by atoms with Crippen LogP contribution in [-0.2, 0) is 0 Å². The predicted octanol–water partition coefficient (Wildman–Crippen LogP) is 5.75. The number of hydrogen-bond donors (Lipinski definition) is 0. The largest absolute Gasteiger partial charge is 0.155 e. The van der Waals surface area contributed by atoms with Crippen LogP contribution < -0.4 is 15.6 Å². The lowest BCUT2D eigenvalue weighted by Gasteiger charge is -2.41. The van der Waals surface area contributed by atoms with Crippen LogP contribution in [0.4, 0.5) is 0 Å². The minimum Gasteiger partial charge on any atom is -0.0839 e. The summed E-state index contributed by atoms with van der Waals surface area (Å²) in [5, 5.41) is 4.68. The van der Waals surface area contributed by atoms with E-state index < -0.39 is 8.07 Å². The van der Waals surface area contributed by atoms with E-state index in [-0.39, 0.29) is 0 Å². The number of aryl methyl sites for hydroxylation is 3. The summed E-state index contributed by atoms with van der Waals surface area (Å²) >= 11 is 0. The fourth-order valence-electron chi connectivity index (χ4n) is 6.15. The second kappa shape index (κ2) is 8.13. The van der Waals surface area contributed by atoms with Crippen LogP contribution in [0.15, 0.2) is 96.6 Å². The van der Waals surface area contributed by atoms with Crippen LogP contribution in [0.25, 0.3) is 0 Å². The Morgan fingerprint density at radius 2 is 1.19 bits per heavy atom. The maximum absolute atomic E-state index is 2.49. The lowest BCUT2D eigenvalue weighted by molar-refractivity contribution is 0.633. The molecule has 0 bridgehead atoms. The Bertz CT molecular complexity index is 1060. The van der Waals surface area contributed by atoms with Crippen LogP contribution >= 0.6 is 0 Å². The molecule has 1 saturated carbocycles. The third kappa shape index (κ3) is 3.45. The maximum atomic E-state index is 2.49. The molecule has 156 valence electrons. The van der Waals surface area contributed by atoms with Gasteiger partial charge < -0.3 is 0 Å². The fraction of sp³-hybridized carbons (Fsp3) is 0.267. The van der Waals surface area contributed by atoms with E-state index in [9.17, 15) is 0 Å². The smallest absolute Gasteiger partial charge is 0.0839 e. The first-order valence-electron chi connectivity index (χ1n) is 11.7. The summed E-state index contributed by atoms with van der Waals surface area (Å²) in [4.78, 5) is 0. The predicted molar refractivity (Wildman–Crippen MR) is 137 cm³/mol. The van der Waals surface area contributed by atoms with E-state index in [2.05, 4.69) is 112 Å². The Hall–Kier alpha value is -2.64. The maximum Gasteiger partial charge on any atom is 0.155 e. The molecular weight excluding hydrogens is 388 g/mol. The molecule has 0 radical (unpaired) electrons. The van der Waals surface area contributed by atoms with Crippen LogP contribution in [0, 0.1) is 26.7 Å². The fourth-order valence-corrected chi connectivity index (χ4v) is 12.2. The van der Waals surface area contributed by atoms with Gasteiger partial charge in [-0.05, 0) is 67.1 Å². The molecule has 2 atom stereocenters. The molecule has 31 heavy (non-hydrogen) atoms. The van der Waals surface area contributed by atoms with Gasteiger partial charge in [-0.25, -0.2) is 0 Å². The van der Waals surface area contributed by atoms with Gasteiger partial charge in [-0.15, -0.1) is 0 Å². The molecule has 2 aliphatic carbocycles. The lowest BCUT2D eigenvalue weighted by atomic mass is 9.95. The molecular formula is C30H32Si. The lowest BCUT2D eigenvalue weighted by Crippen LogP contribution is -2.70. The summed E-state index contributed by atoms with van der Waals surface area (Å²) in [5.41, 5.74) is 6.40. The van der Waals surface area contributed by atoms with Crippen molar-refractivity contribution < 1.29 is 0 Å². The average molecular weight is 421 g/mol. The van der Waals surface area contributed by atoms with Gasteiger partial charge in [0.2, 0.25) is 0 Å². The molecule has 0 aromatic heterocycles. The molecule has 1 fully saturated rings. The van der Waals surface area contributed by atoms with Gasteiger partial charge in [0.05, 0.1) is 0 Å². The number of rotatable bonds is 4. The molecule has 3 aromatic carbocycles. The van der Waals surface area contributed by atoms with Gasteiger partial charge in [0.25, 0.3) is 0 Å². The van der Waals surface area contributed by atoms with Gasteiger partial charge in [0.15, 0.2) is 8.07 Å². The Balaban J connectivity index is 1.88. The van der Waals surface area contributed by atoms with Gasteiger partial charge in [-0.1, -0.05) is 113 Å². The van der Waals surface area contributed by atoms with Crippen molar-refractivity contribution in [3.05, 3.63) is 113 Å². The van der Waals surface area contributed by atoms with E-state index in [0.29, 0.717) is 5.54 Å². The molecule has 2 aliphatic rings. The summed E-state index contributed by atoms with van der Waals surface area (Å²) in [6.07, 6.45) is 11.0. The summed E-state index contributed by atoms with van der Waals surface area (Å²) in [5.74, 6) is 0.723. The van der Waals surface area contributed by atoms with E-state index >= 15 is 0 Å². The standard InChI is InChI=1S/C30H32Si/c1-22-9-6-13-26(19-22)31(27-14-7-10-23(2)20-27,28-15-8-11-24(3)21-28)30-18-17-25-12-4-5-16-29(25)30/h4-11,13-16,19-21,25,30H,12,17-18H2,1-3H3. The Kier molecular flexibility index (Phi) is 5.31. The van der Waals surface area contributed by atoms with E-state index in [1.54, 1.807) is 21.1 Å². The summed E-state index contributed by atoms with van der Waals surface area (Å²) in [7, 11) is -2.30. The SMILES string of the molecule is Cc1cccc([Si](c2cccc(C)c2)(c2cccc(C)c2)C2CCC3CC=CC=C32)c1. The second-order valence-corrected chi connectivity index (χ2v) is 13.6. The van der Waals surface area contributed by atoms with E-state index in [0.717, 1.165) is 5.92 Å². The molecule has 0 saturated heterocycles. The molecule has 3 aromatic rings. The topological polar surface area (TPSA) is 0 Å². The highest BCUT2D eigenvalue weighted by Crippen LogP contribution is 2.49. The zero-order chi connectivity index (χ0) is 21.4. The first-order chi connectivity index (χ1) is 15.1. The zero-order valence-corrected chi connectivity index (χ0v) is 19.9. The van der Waals surface area contributed by atoms with Gasteiger partial charge in [-0.2, -0.15) is 0 Å². The molecule has 0 spiro atoms. The highest BCUT2D eigenvalue weighted by molar-refractivity contribution is 7.12. The molecule has 0 nitrogen and oxygen atoms in total. The second-order valence-electron chi connectivity index (χ2n) is 9.57. The molecule has 0 amide bonds. The highest BCUT2D eigenvalue weighted by atomic mass is 28.3. The van der Waals surface area contributed by atoms with Crippen LogP contribution in [0.5, 0.6) is 0 Å². The summed E-state index contributed by atoms with van der Waals surface area (Å²) in [6, 6.07) is 28.3. The van der Waals surface area contributed by atoms with Crippen molar-refractivity contribution in [1.82, 2.24) is 0 Å². The van der Waals surface area contributed by atoms with Gasteiger partial charge in [-0.3, -0.25) is 0 Å². The monoisotopic (exact) mass is 420 g/mol. The molecule has 0 aliphatic heterocycles. The third-order valence-electron chi connectivity index (χ3n) is 7.47. The molecule has 0 N–H and O–H groups in total. The average Bonchev–Trinajstić information content (AvgIpc) is 3.19. The van der Waals surface area contributed by atoms with E-state index in [1.807, 2.05) is 0 Å². The quantitative estimate of drug-likeness (QED) is 0.372. The Labute approximate surface area is 188 Å². The van der Waals surface area contributed by atoms with Crippen molar-refractivity contribution in [2.75, 3.05) is 0 Å². The third-order valence-corrected chi connectivity index (χ3v) is 12.8. The van der Waals surface area contributed by atoms with Gasteiger partial charge in [0, 0.05) is 0 Å².